The van der Waals surface area contributed by atoms with Gasteiger partial charge in [-0.15, -0.1) is 0 Å². The zero-order valence-corrected chi connectivity index (χ0v) is 16.9. The lowest BCUT2D eigenvalue weighted by Crippen LogP contribution is -2.53. The topological polar surface area (TPSA) is 55.9 Å². The van der Waals surface area contributed by atoms with Crippen LogP contribution < -0.4 is 5.32 Å². The van der Waals surface area contributed by atoms with Gasteiger partial charge >= 0.3 is 6.18 Å². The molecule has 9 heteroatoms. The van der Waals surface area contributed by atoms with Crippen molar-refractivity contribution in [2.45, 2.75) is 51.7 Å². The van der Waals surface area contributed by atoms with E-state index in [1.807, 2.05) is 18.7 Å². The first-order valence-corrected chi connectivity index (χ1v) is 10.3. The van der Waals surface area contributed by atoms with E-state index >= 15 is 0 Å². The summed E-state index contributed by atoms with van der Waals surface area (Å²) in [5.74, 6) is -1.40. The third-order valence-corrected chi connectivity index (χ3v) is 5.81. The van der Waals surface area contributed by atoms with E-state index in [4.69, 9.17) is 0 Å². The summed E-state index contributed by atoms with van der Waals surface area (Å²) in [4.78, 5) is 30.3. The van der Waals surface area contributed by atoms with Gasteiger partial charge in [-0.25, -0.2) is 0 Å². The van der Waals surface area contributed by atoms with Crippen molar-refractivity contribution in [3.05, 3.63) is 0 Å². The normalized spacial score (nSPS) is 24.8. The van der Waals surface area contributed by atoms with Gasteiger partial charge in [0.1, 0.15) is 0 Å². The molecule has 1 heterocycles. The van der Waals surface area contributed by atoms with Gasteiger partial charge < -0.3 is 10.2 Å². The van der Waals surface area contributed by atoms with E-state index in [1.54, 1.807) is 4.90 Å². The molecule has 1 saturated carbocycles. The molecule has 0 radical (unpaired) electrons. The molecule has 2 fully saturated rings. The van der Waals surface area contributed by atoms with Gasteiger partial charge in [0.25, 0.3) is 0 Å². The number of nitrogens with zero attached hydrogens (tertiary/aromatic N) is 3. The molecular formula is C19H33F3N4O2. The van der Waals surface area contributed by atoms with Crippen LogP contribution in [0.25, 0.3) is 0 Å². The minimum Gasteiger partial charge on any atom is -0.352 e. The average molecular weight is 406 g/mol. The molecule has 6 nitrogen and oxygen atoms in total. The van der Waals surface area contributed by atoms with E-state index in [0.29, 0.717) is 58.7 Å². The fraction of sp³-hybridized carbons (Fsp3) is 0.895. The van der Waals surface area contributed by atoms with Gasteiger partial charge in [0.15, 0.2) is 0 Å². The first-order chi connectivity index (χ1) is 13.2. The molecule has 162 valence electrons. The van der Waals surface area contributed by atoms with E-state index in [9.17, 15) is 22.8 Å². The van der Waals surface area contributed by atoms with Crippen LogP contribution in [0.4, 0.5) is 13.2 Å². The molecule has 1 aliphatic heterocycles. The van der Waals surface area contributed by atoms with Gasteiger partial charge in [-0.05, 0) is 33.1 Å². The molecular weight excluding hydrogens is 373 g/mol. The highest BCUT2D eigenvalue weighted by molar-refractivity contribution is 5.79. The second-order valence-electron chi connectivity index (χ2n) is 7.79. The van der Waals surface area contributed by atoms with Gasteiger partial charge in [-0.3, -0.25) is 19.4 Å². The van der Waals surface area contributed by atoms with E-state index in [1.165, 1.54) is 0 Å². The molecule has 2 amide bonds. The molecule has 28 heavy (non-hydrogen) atoms. The van der Waals surface area contributed by atoms with Crippen LogP contribution in [0.1, 0.15) is 39.5 Å². The second kappa shape index (κ2) is 10.4. The lowest BCUT2D eigenvalue weighted by molar-refractivity contribution is -0.184. The summed E-state index contributed by atoms with van der Waals surface area (Å²) >= 11 is 0. The quantitative estimate of drug-likeness (QED) is 0.700. The zero-order chi connectivity index (χ0) is 20.7. The number of piperazine rings is 1. The smallest absolute Gasteiger partial charge is 0.352 e. The molecule has 0 aromatic carbocycles. The molecule has 2 aliphatic rings. The van der Waals surface area contributed by atoms with Crippen LogP contribution >= 0.6 is 0 Å². The molecule has 1 N–H and O–H groups in total. The summed E-state index contributed by atoms with van der Waals surface area (Å²) in [6.07, 6.45) is -2.93. The zero-order valence-electron chi connectivity index (χ0n) is 16.9. The van der Waals surface area contributed by atoms with Crippen LogP contribution in [-0.2, 0) is 9.59 Å². The standard InChI is InChI=1S/C19H33F3N4O2/c1-3-26(4-2)18(28)14-25-10-8-24(9-11-25)13-17(27)23-16-7-5-6-15(12-16)19(20,21)22/h15-16H,3-14H2,1-2H3,(H,23,27). The molecule has 2 unspecified atom stereocenters. The number of rotatable bonds is 7. The molecule has 2 rings (SSSR count). The Kier molecular flexibility index (Phi) is 8.55. The average Bonchev–Trinajstić information content (AvgIpc) is 2.64. The van der Waals surface area contributed by atoms with Crippen molar-refractivity contribution in [2.24, 2.45) is 5.92 Å². The lowest BCUT2D eigenvalue weighted by atomic mass is 9.85. The van der Waals surface area contributed by atoms with Crippen LogP contribution in [0.3, 0.4) is 0 Å². The number of carbonyl (C=O) groups excluding carboxylic acids is 2. The Bertz CT molecular complexity index is 518. The van der Waals surface area contributed by atoms with Crippen molar-refractivity contribution in [1.82, 2.24) is 20.0 Å². The maximum absolute atomic E-state index is 12.9. The monoisotopic (exact) mass is 406 g/mol. The lowest BCUT2D eigenvalue weighted by Gasteiger charge is -2.35. The van der Waals surface area contributed by atoms with Crippen molar-refractivity contribution >= 4 is 11.8 Å². The first kappa shape index (κ1) is 22.9. The molecule has 0 aromatic heterocycles. The predicted octanol–water partition coefficient (Wildman–Crippen LogP) is 1.71. The van der Waals surface area contributed by atoms with Crippen LogP contribution in [0.2, 0.25) is 0 Å². The maximum atomic E-state index is 12.9. The minimum atomic E-state index is -4.18. The van der Waals surface area contributed by atoms with Gasteiger partial charge in [0.05, 0.1) is 19.0 Å². The largest absolute Gasteiger partial charge is 0.391 e. The number of nitrogens with one attached hydrogen (secondary N) is 1. The molecule has 2 atom stereocenters. The van der Waals surface area contributed by atoms with Crippen LogP contribution in [0.15, 0.2) is 0 Å². The first-order valence-electron chi connectivity index (χ1n) is 10.3. The summed E-state index contributed by atoms with van der Waals surface area (Å²) in [6, 6.07) is -0.388. The molecule has 0 spiro atoms. The summed E-state index contributed by atoms with van der Waals surface area (Å²) in [6.45, 7) is 8.68. The van der Waals surface area contributed by atoms with Gasteiger partial charge in [0.2, 0.25) is 11.8 Å². The van der Waals surface area contributed by atoms with E-state index in [2.05, 4.69) is 10.2 Å². The van der Waals surface area contributed by atoms with Crippen molar-refractivity contribution in [3.8, 4) is 0 Å². The molecule has 0 bridgehead atoms. The van der Waals surface area contributed by atoms with Crippen LogP contribution in [0, 0.1) is 5.92 Å². The number of carbonyl (C=O) groups is 2. The molecule has 0 aromatic rings. The summed E-state index contributed by atoms with van der Waals surface area (Å²) in [7, 11) is 0. The Morgan fingerprint density at radius 2 is 1.57 bits per heavy atom. The summed E-state index contributed by atoms with van der Waals surface area (Å²) < 4.78 is 38.7. The maximum Gasteiger partial charge on any atom is 0.391 e. The van der Waals surface area contributed by atoms with Crippen LogP contribution in [0.5, 0.6) is 0 Å². The fourth-order valence-electron chi connectivity index (χ4n) is 4.07. The number of hydrogen-bond acceptors (Lipinski definition) is 4. The Morgan fingerprint density at radius 1 is 1.00 bits per heavy atom. The third kappa shape index (κ3) is 6.92. The van der Waals surface area contributed by atoms with Gasteiger partial charge in [-0.2, -0.15) is 13.2 Å². The van der Waals surface area contributed by atoms with Gasteiger partial charge in [-0.1, -0.05) is 6.42 Å². The fourth-order valence-corrected chi connectivity index (χ4v) is 4.07. The highest BCUT2D eigenvalue weighted by Crippen LogP contribution is 2.37. The summed E-state index contributed by atoms with van der Waals surface area (Å²) in [5.41, 5.74) is 0. The van der Waals surface area contributed by atoms with Crippen LogP contribution in [-0.4, -0.2) is 91.1 Å². The number of likely N-dealkylation sites (N-methyl/N-ethyl adjacent to an activating group) is 1. The van der Waals surface area contributed by atoms with Crippen molar-refractivity contribution in [1.29, 1.82) is 0 Å². The molecule has 1 aliphatic carbocycles. The predicted molar refractivity (Wildman–Crippen MR) is 101 cm³/mol. The Morgan fingerprint density at radius 3 is 2.11 bits per heavy atom. The number of hydrogen-bond donors (Lipinski definition) is 1. The highest BCUT2D eigenvalue weighted by Gasteiger charge is 2.42. The van der Waals surface area contributed by atoms with E-state index in [0.717, 1.165) is 0 Å². The highest BCUT2D eigenvalue weighted by atomic mass is 19.4. The second-order valence-corrected chi connectivity index (χ2v) is 7.79. The SMILES string of the molecule is CCN(CC)C(=O)CN1CCN(CC(=O)NC2CCCC(C(F)(F)F)C2)CC1. The van der Waals surface area contributed by atoms with E-state index in [-0.39, 0.29) is 37.2 Å². The van der Waals surface area contributed by atoms with Crippen molar-refractivity contribution in [2.75, 3.05) is 52.4 Å². The van der Waals surface area contributed by atoms with Crippen molar-refractivity contribution < 1.29 is 22.8 Å². The Labute approximate surface area is 165 Å². The minimum absolute atomic E-state index is 0.0174. The van der Waals surface area contributed by atoms with Gasteiger partial charge in [0, 0.05) is 45.3 Å². The Balaban J connectivity index is 1.70. The Hall–Kier alpha value is -1.35. The number of alkyl halides is 3. The number of amides is 2. The van der Waals surface area contributed by atoms with Crippen molar-refractivity contribution in [3.63, 3.8) is 0 Å². The molecule has 1 saturated heterocycles. The third-order valence-electron chi connectivity index (χ3n) is 5.81. The summed E-state index contributed by atoms with van der Waals surface area (Å²) in [5, 5.41) is 2.79. The van der Waals surface area contributed by atoms with E-state index < -0.39 is 12.1 Å². The number of halogens is 3.